The van der Waals surface area contributed by atoms with Gasteiger partial charge in [-0.15, -0.1) is 0 Å². The van der Waals surface area contributed by atoms with E-state index in [9.17, 15) is 0 Å². The van der Waals surface area contributed by atoms with E-state index in [1.54, 1.807) is 0 Å². The molecule has 1 aromatic rings. The molecule has 2 rings (SSSR count). The lowest BCUT2D eigenvalue weighted by molar-refractivity contribution is 0.170. The zero-order chi connectivity index (χ0) is 15.5. The first kappa shape index (κ1) is 16.8. The summed E-state index contributed by atoms with van der Waals surface area (Å²) in [7, 11) is 0. The molecule has 1 aliphatic heterocycles. The molecule has 1 fully saturated rings. The summed E-state index contributed by atoms with van der Waals surface area (Å²) >= 11 is 6.34. The minimum absolute atomic E-state index is 0.229. The lowest BCUT2D eigenvalue weighted by Gasteiger charge is -2.34. The molecule has 0 aliphatic carbocycles. The van der Waals surface area contributed by atoms with Crippen molar-refractivity contribution < 1.29 is 0 Å². The summed E-state index contributed by atoms with van der Waals surface area (Å²) in [6.07, 6.45) is 2.57. The normalized spacial score (nSPS) is 18.1. The van der Waals surface area contributed by atoms with Gasteiger partial charge in [-0.2, -0.15) is 0 Å². The van der Waals surface area contributed by atoms with Crippen LogP contribution in [0.25, 0.3) is 0 Å². The topological polar surface area (TPSA) is 15.3 Å². The largest absolute Gasteiger partial charge is 0.312 e. The van der Waals surface area contributed by atoms with E-state index in [1.165, 1.54) is 37.1 Å². The first-order chi connectivity index (χ1) is 9.83. The highest BCUT2D eigenvalue weighted by Gasteiger charge is 2.21. The van der Waals surface area contributed by atoms with E-state index in [0.717, 1.165) is 24.0 Å². The molecule has 1 heterocycles. The number of nitrogens with zero attached hydrogens (tertiary/aromatic N) is 1. The van der Waals surface area contributed by atoms with Crippen LogP contribution >= 0.6 is 11.6 Å². The van der Waals surface area contributed by atoms with Gasteiger partial charge in [0.05, 0.1) is 0 Å². The maximum absolute atomic E-state index is 6.34. The molecule has 118 valence electrons. The van der Waals surface area contributed by atoms with Gasteiger partial charge in [0.1, 0.15) is 0 Å². The summed E-state index contributed by atoms with van der Waals surface area (Å²) in [6.45, 7) is 13.3. The second-order valence-electron chi connectivity index (χ2n) is 7.45. The molecule has 1 saturated heterocycles. The third-order valence-corrected chi connectivity index (χ3v) is 4.58. The number of benzene rings is 1. The summed E-state index contributed by atoms with van der Waals surface area (Å²) in [5, 5.41) is 4.54. The molecule has 0 atom stereocenters. The van der Waals surface area contributed by atoms with Crippen LogP contribution in [-0.4, -0.2) is 30.1 Å². The molecule has 0 bridgehead atoms. The van der Waals surface area contributed by atoms with Crippen LogP contribution in [0.1, 0.15) is 44.7 Å². The first-order valence-electron chi connectivity index (χ1n) is 8.06. The Labute approximate surface area is 134 Å². The fourth-order valence-electron chi connectivity index (χ4n) is 2.82. The minimum Gasteiger partial charge on any atom is -0.312 e. The van der Waals surface area contributed by atoms with Gasteiger partial charge in [-0.05, 0) is 83.3 Å². The van der Waals surface area contributed by atoms with Gasteiger partial charge >= 0.3 is 0 Å². The van der Waals surface area contributed by atoms with Gasteiger partial charge in [0.25, 0.3) is 0 Å². The molecule has 1 aliphatic rings. The summed E-state index contributed by atoms with van der Waals surface area (Å²) in [5.74, 6) is 0.814. The Hall–Kier alpha value is -0.570. The van der Waals surface area contributed by atoms with E-state index in [1.807, 2.05) is 0 Å². The molecule has 2 nitrogen and oxygen atoms in total. The number of nitrogens with one attached hydrogen (secondary N) is 1. The van der Waals surface area contributed by atoms with Gasteiger partial charge in [0, 0.05) is 17.1 Å². The Kier molecular flexibility index (Phi) is 5.70. The van der Waals surface area contributed by atoms with Gasteiger partial charge in [-0.1, -0.05) is 23.7 Å². The Bertz CT molecular complexity index is 457. The Morgan fingerprint density at radius 1 is 1.24 bits per heavy atom. The lowest BCUT2D eigenvalue weighted by Crippen LogP contribution is -2.42. The van der Waals surface area contributed by atoms with Crippen molar-refractivity contribution >= 4 is 11.6 Å². The molecule has 0 aromatic heterocycles. The van der Waals surface area contributed by atoms with Crippen LogP contribution in [0.3, 0.4) is 0 Å². The van der Waals surface area contributed by atoms with Crippen molar-refractivity contribution in [1.29, 1.82) is 0 Å². The summed E-state index contributed by atoms with van der Waals surface area (Å²) in [6, 6.07) is 6.39. The lowest BCUT2D eigenvalue weighted by atomic mass is 9.95. The molecular formula is C18H29ClN2. The second kappa shape index (κ2) is 7.13. The summed E-state index contributed by atoms with van der Waals surface area (Å²) in [4.78, 5) is 2.53. The predicted octanol–water partition coefficient (Wildman–Crippen LogP) is 4.25. The number of likely N-dealkylation sites (tertiary alicyclic amines) is 1. The Morgan fingerprint density at radius 2 is 1.90 bits per heavy atom. The summed E-state index contributed by atoms with van der Waals surface area (Å²) in [5.41, 5.74) is 2.72. The number of aryl methyl sites for hydroxylation is 1. The van der Waals surface area contributed by atoms with Crippen molar-refractivity contribution in [3.8, 4) is 0 Å². The van der Waals surface area contributed by atoms with Crippen molar-refractivity contribution in [1.82, 2.24) is 10.2 Å². The highest BCUT2D eigenvalue weighted by atomic mass is 35.5. The van der Waals surface area contributed by atoms with Crippen LogP contribution in [0.2, 0.25) is 5.02 Å². The van der Waals surface area contributed by atoms with Gasteiger partial charge in [-0.25, -0.2) is 0 Å². The maximum Gasteiger partial charge on any atom is 0.0453 e. The van der Waals surface area contributed by atoms with E-state index < -0.39 is 0 Å². The average molecular weight is 309 g/mol. The van der Waals surface area contributed by atoms with Gasteiger partial charge in [0.15, 0.2) is 0 Å². The van der Waals surface area contributed by atoms with Crippen LogP contribution in [0.5, 0.6) is 0 Å². The number of hydrogen-bond acceptors (Lipinski definition) is 2. The number of halogens is 1. The van der Waals surface area contributed by atoms with Crippen LogP contribution in [0, 0.1) is 12.8 Å². The molecular weight excluding hydrogens is 280 g/mol. The van der Waals surface area contributed by atoms with Gasteiger partial charge in [0.2, 0.25) is 0 Å². The molecule has 0 saturated carbocycles. The monoisotopic (exact) mass is 308 g/mol. The smallest absolute Gasteiger partial charge is 0.0453 e. The zero-order valence-electron chi connectivity index (χ0n) is 13.9. The molecule has 1 aromatic carbocycles. The molecule has 1 N–H and O–H groups in total. The highest BCUT2D eigenvalue weighted by Crippen LogP contribution is 2.23. The van der Waals surface area contributed by atoms with E-state index in [2.05, 4.69) is 56.1 Å². The highest BCUT2D eigenvalue weighted by molar-refractivity contribution is 6.31. The van der Waals surface area contributed by atoms with E-state index in [4.69, 9.17) is 11.6 Å². The van der Waals surface area contributed by atoms with Gasteiger partial charge < -0.3 is 5.32 Å². The molecule has 0 spiro atoms. The Balaban J connectivity index is 1.79. The third-order valence-electron chi connectivity index (χ3n) is 4.23. The maximum atomic E-state index is 6.34. The SMILES string of the molecule is Cc1ccc(CN2CCC(CNC(C)(C)C)CC2)c(Cl)c1. The number of hydrogen-bond donors (Lipinski definition) is 1. The quantitative estimate of drug-likeness (QED) is 0.894. The fraction of sp³-hybridized carbons (Fsp3) is 0.667. The Morgan fingerprint density at radius 3 is 2.48 bits per heavy atom. The first-order valence-corrected chi connectivity index (χ1v) is 8.44. The van der Waals surface area contributed by atoms with Crippen molar-refractivity contribution in [2.24, 2.45) is 5.92 Å². The van der Waals surface area contributed by atoms with Crippen LogP contribution in [0.4, 0.5) is 0 Å². The molecule has 0 radical (unpaired) electrons. The molecule has 21 heavy (non-hydrogen) atoms. The van der Waals surface area contributed by atoms with Crippen molar-refractivity contribution in [3.05, 3.63) is 34.3 Å². The fourth-order valence-corrected chi connectivity index (χ4v) is 3.12. The van der Waals surface area contributed by atoms with E-state index in [-0.39, 0.29) is 5.54 Å². The summed E-state index contributed by atoms with van der Waals surface area (Å²) < 4.78 is 0. The number of rotatable bonds is 4. The zero-order valence-corrected chi connectivity index (χ0v) is 14.6. The predicted molar refractivity (Wildman–Crippen MR) is 91.9 cm³/mol. The number of piperidine rings is 1. The second-order valence-corrected chi connectivity index (χ2v) is 7.85. The van der Waals surface area contributed by atoms with Gasteiger partial charge in [-0.3, -0.25) is 4.90 Å². The van der Waals surface area contributed by atoms with E-state index >= 15 is 0 Å². The van der Waals surface area contributed by atoms with Crippen molar-refractivity contribution in [3.63, 3.8) is 0 Å². The standard InChI is InChI=1S/C18H29ClN2/c1-14-5-6-16(17(19)11-14)13-21-9-7-15(8-10-21)12-20-18(2,3)4/h5-6,11,15,20H,7-10,12-13H2,1-4H3. The molecule has 0 unspecified atom stereocenters. The van der Waals surface area contributed by atoms with Crippen LogP contribution in [0.15, 0.2) is 18.2 Å². The third kappa shape index (κ3) is 5.61. The molecule has 3 heteroatoms. The van der Waals surface area contributed by atoms with Crippen molar-refractivity contribution in [2.45, 2.75) is 52.6 Å². The van der Waals surface area contributed by atoms with E-state index in [0.29, 0.717) is 0 Å². The van der Waals surface area contributed by atoms with Crippen LogP contribution < -0.4 is 5.32 Å². The average Bonchev–Trinajstić information content (AvgIpc) is 2.40. The van der Waals surface area contributed by atoms with Crippen LogP contribution in [-0.2, 0) is 6.54 Å². The van der Waals surface area contributed by atoms with Crippen molar-refractivity contribution in [2.75, 3.05) is 19.6 Å². The molecule has 0 amide bonds. The minimum atomic E-state index is 0.229.